The van der Waals surface area contributed by atoms with Crippen molar-refractivity contribution >= 4 is 11.9 Å². The van der Waals surface area contributed by atoms with Gasteiger partial charge in [0.05, 0.1) is 38.6 Å². The van der Waals surface area contributed by atoms with Crippen LogP contribution in [0.5, 0.6) is 0 Å². The second-order valence-electron chi connectivity index (χ2n) is 6.46. The summed E-state index contributed by atoms with van der Waals surface area (Å²) >= 11 is 0. The Bertz CT molecular complexity index is 618. The summed E-state index contributed by atoms with van der Waals surface area (Å²) < 4.78 is 21.7. The zero-order valence-corrected chi connectivity index (χ0v) is 16.6. The van der Waals surface area contributed by atoms with Crippen LogP contribution < -0.4 is 12.4 Å². The molecular formula is C20H26ClO6-. The van der Waals surface area contributed by atoms with Gasteiger partial charge in [-0.05, 0) is 25.8 Å². The van der Waals surface area contributed by atoms with E-state index in [1.807, 2.05) is 30.3 Å². The number of ether oxygens (including phenoxy) is 4. The minimum absolute atomic E-state index is 0. The molecule has 27 heavy (non-hydrogen) atoms. The van der Waals surface area contributed by atoms with Gasteiger partial charge in [-0.15, -0.1) is 0 Å². The number of hydrogen-bond acceptors (Lipinski definition) is 6. The summed E-state index contributed by atoms with van der Waals surface area (Å²) in [6, 6.07) is 9.98. The Morgan fingerprint density at radius 3 is 2.59 bits per heavy atom. The predicted octanol–water partition coefficient (Wildman–Crippen LogP) is -0.481. The van der Waals surface area contributed by atoms with Gasteiger partial charge in [0, 0.05) is 5.92 Å². The number of carbonyl (C=O) groups excluding carboxylic acids is 2. The molecule has 0 spiro atoms. The molecule has 1 fully saturated rings. The lowest BCUT2D eigenvalue weighted by atomic mass is 9.91. The zero-order chi connectivity index (χ0) is 18.9. The van der Waals surface area contributed by atoms with Crippen LogP contribution in [0.25, 0.3) is 0 Å². The topological polar surface area (TPSA) is 71.1 Å². The van der Waals surface area contributed by atoms with Crippen LogP contribution in [0.3, 0.4) is 0 Å². The molecule has 7 heteroatoms. The Balaban J connectivity index is 0.00000364. The molecule has 1 saturated heterocycles. The van der Waals surface area contributed by atoms with Crippen LogP contribution in [0.2, 0.25) is 0 Å². The first-order valence-electron chi connectivity index (χ1n) is 8.73. The average Bonchev–Trinajstić information content (AvgIpc) is 2.68. The van der Waals surface area contributed by atoms with Crippen molar-refractivity contribution in [3.05, 3.63) is 48.2 Å². The SMILES string of the molecule is COC(=O)/C=C/O[C@@H]1[C@@H](Cc2ccccc2)COC[C@H](C)C(=O)O[C@H]1C.[Cl-]. The van der Waals surface area contributed by atoms with E-state index in [-0.39, 0.29) is 30.2 Å². The van der Waals surface area contributed by atoms with Gasteiger partial charge in [-0.1, -0.05) is 30.3 Å². The summed E-state index contributed by atoms with van der Waals surface area (Å²) in [6.45, 7) is 4.31. The molecule has 0 N–H and O–H groups in total. The number of carbonyl (C=O) groups is 2. The van der Waals surface area contributed by atoms with Crippen molar-refractivity contribution in [1.29, 1.82) is 0 Å². The van der Waals surface area contributed by atoms with Crippen LogP contribution in [0, 0.1) is 11.8 Å². The maximum Gasteiger partial charge on any atom is 0.333 e. The molecule has 0 bridgehead atoms. The van der Waals surface area contributed by atoms with Crippen molar-refractivity contribution < 1.29 is 40.9 Å². The normalized spacial score (nSPS) is 26.1. The third-order valence-electron chi connectivity index (χ3n) is 4.31. The van der Waals surface area contributed by atoms with Gasteiger partial charge in [0.25, 0.3) is 0 Å². The second-order valence-corrected chi connectivity index (χ2v) is 6.46. The van der Waals surface area contributed by atoms with Crippen LogP contribution in [0.1, 0.15) is 19.4 Å². The molecule has 1 aromatic rings. The summed E-state index contributed by atoms with van der Waals surface area (Å²) in [6.07, 6.45) is 2.26. The largest absolute Gasteiger partial charge is 1.00 e. The number of halogens is 1. The fourth-order valence-electron chi connectivity index (χ4n) is 2.88. The maximum atomic E-state index is 12.1. The number of rotatable bonds is 5. The van der Waals surface area contributed by atoms with Crippen LogP contribution in [-0.4, -0.2) is 44.5 Å². The molecule has 0 unspecified atom stereocenters. The van der Waals surface area contributed by atoms with Crippen molar-refractivity contribution in [2.45, 2.75) is 32.5 Å². The number of benzene rings is 1. The van der Waals surface area contributed by atoms with Crippen molar-refractivity contribution in [1.82, 2.24) is 0 Å². The van der Waals surface area contributed by atoms with E-state index in [2.05, 4.69) is 4.74 Å². The van der Waals surface area contributed by atoms with Crippen molar-refractivity contribution in [2.75, 3.05) is 20.3 Å². The lowest BCUT2D eigenvalue weighted by Crippen LogP contribution is -3.00. The molecule has 0 saturated carbocycles. The highest BCUT2D eigenvalue weighted by Gasteiger charge is 2.34. The van der Waals surface area contributed by atoms with E-state index in [1.165, 1.54) is 19.4 Å². The first kappa shape index (κ1) is 23.0. The number of methoxy groups -OCH3 is 1. The second kappa shape index (κ2) is 11.6. The molecule has 6 nitrogen and oxygen atoms in total. The smallest absolute Gasteiger partial charge is 0.333 e. The lowest BCUT2D eigenvalue weighted by molar-refractivity contribution is -0.159. The van der Waals surface area contributed by atoms with Crippen molar-refractivity contribution in [2.24, 2.45) is 11.8 Å². The molecule has 0 radical (unpaired) electrons. The van der Waals surface area contributed by atoms with Gasteiger partial charge in [0.2, 0.25) is 0 Å². The van der Waals surface area contributed by atoms with Gasteiger partial charge in [-0.25, -0.2) is 4.79 Å². The number of esters is 2. The molecule has 0 aliphatic carbocycles. The zero-order valence-electron chi connectivity index (χ0n) is 15.8. The molecule has 4 atom stereocenters. The van der Waals surface area contributed by atoms with Crippen LogP contribution in [0.15, 0.2) is 42.7 Å². The quantitative estimate of drug-likeness (QED) is 0.380. The standard InChI is InChI=1S/C20H26O6.ClH/c1-14-12-24-13-17(11-16-7-5-4-6-8-16)19(15(2)26-20(14)22)25-10-9-18(21)23-3;/h4-10,14-15,17,19H,11-13H2,1-3H3;1H/p-1/b10-9+;/t14-,15-,17-,19-;/m0./s1. The van der Waals surface area contributed by atoms with Crippen LogP contribution in [0.4, 0.5) is 0 Å². The van der Waals surface area contributed by atoms with Gasteiger partial charge >= 0.3 is 11.9 Å². The number of cyclic esters (lactones) is 1. The van der Waals surface area contributed by atoms with E-state index in [9.17, 15) is 9.59 Å². The van der Waals surface area contributed by atoms with Gasteiger partial charge in [-0.3, -0.25) is 4.79 Å². The fraction of sp³-hybridized carbons (Fsp3) is 0.500. The summed E-state index contributed by atoms with van der Waals surface area (Å²) in [5.41, 5.74) is 1.14. The minimum Gasteiger partial charge on any atom is -1.00 e. The van der Waals surface area contributed by atoms with E-state index in [4.69, 9.17) is 14.2 Å². The molecule has 1 heterocycles. The first-order chi connectivity index (χ1) is 12.5. The lowest BCUT2D eigenvalue weighted by Gasteiger charge is -2.30. The summed E-state index contributed by atoms with van der Waals surface area (Å²) in [5.74, 6) is -1.21. The predicted molar refractivity (Wildman–Crippen MR) is 95.2 cm³/mol. The van der Waals surface area contributed by atoms with E-state index in [0.717, 1.165) is 5.56 Å². The molecular weight excluding hydrogens is 372 g/mol. The summed E-state index contributed by atoms with van der Waals surface area (Å²) in [4.78, 5) is 23.4. The first-order valence-corrected chi connectivity index (χ1v) is 8.73. The third-order valence-corrected chi connectivity index (χ3v) is 4.31. The van der Waals surface area contributed by atoms with Crippen LogP contribution in [-0.2, 0) is 35.0 Å². The number of hydrogen-bond donors (Lipinski definition) is 0. The molecule has 0 amide bonds. The Labute approximate surface area is 166 Å². The molecule has 1 aliphatic heterocycles. The molecule has 2 rings (SSSR count). The van der Waals surface area contributed by atoms with E-state index in [1.54, 1.807) is 13.8 Å². The van der Waals surface area contributed by atoms with Gasteiger partial charge < -0.3 is 31.4 Å². The Morgan fingerprint density at radius 1 is 1.22 bits per heavy atom. The highest BCUT2D eigenvalue weighted by Crippen LogP contribution is 2.23. The molecule has 1 aliphatic rings. The Morgan fingerprint density at radius 2 is 1.93 bits per heavy atom. The third kappa shape index (κ3) is 7.23. The van der Waals surface area contributed by atoms with E-state index >= 15 is 0 Å². The average molecular weight is 398 g/mol. The summed E-state index contributed by atoms with van der Waals surface area (Å²) in [5, 5.41) is 0. The van der Waals surface area contributed by atoms with Gasteiger partial charge in [0.15, 0.2) is 0 Å². The summed E-state index contributed by atoms with van der Waals surface area (Å²) in [7, 11) is 1.30. The minimum atomic E-state index is -0.512. The Kier molecular flexibility index (Phi) is 9.89. The van der Waals surface area contributed by atoms with Gasteiger partial charge in [-0.2, -0.15) is 0 Å². The Hall–Kier alpha value is -2.05. The van der Waals surface area contributed by atoms with Crippen molar-refractivity contribution in [3.63, 3.8) is 0 Å². The maximum absolute atomic E-state index is 12.1. The van der Waals surface area contributed by atoms with Gasteiger partial charge in [0.1, 0.15) is 12.2 Å². The van der Waals surface area contributed by atoms with E-state index < -0.39 is 18.2 Å². The highest BCUT2D eigenvalue weighted by molar-refractivity contribution is 5.81. The van der Waals surface area contributed by atoms with Crippen molar-refractivity contribution in [3.8, 4) is 0 Å². The molecule has 1 aromatic carbocycles. The monoisotopic (exact) mass is 397 g/mol. The van der Waals surface area contributed by atoms with Crippen LogP contribution >= 0.6 is 0 Å². The van der Waals surface area contributed by atoms with E-state index in [0.29, 0.717) is 19.6 Å². The molecule has 150 valence electrons. The fourth-order valence-corrected chi connectivity index (χ4v) is 2.88. The highest BCUT2D eigenvalue weighted by atomic mass is 35.5. The molecule has 0 aromatic heterocycles.